The molecule has 3 nitrogen and oxygen atoms in total. The Morgan fingerprint density at radius 2 is 0.957 bits per heavy atom. The van der Waals surface area contributed by atoms with Crippen LogP contribution in [0, 0.1) is 0 Å². The van der Waals surface area contributed by atoms with Crippen molar-refractivity contribution in [3.8, 4) is 5.69 Å². The Morgan fingerprint density at radius 1 is 0.447 bits per heavy atom. The van der Waals surface area contributed by atoms with E-state index in [4.69, 9.17) is 4.42 Å². The van der Waals surface area contributed by atoms with Gasteiger partial charge in [0.05, 0.1) is 11.0 Å². The van der Waals surface area contributed by atoms with Crippen LogP contribution in [0.15, 0.2) is 138 Å². The van der Waals surface area contributed by atoms with Crippen LogP contribution >= 0.6 is 11.3 Å². The Hall–Kier alpha value is -5.84. The van der Waals surface area contributed by atoms with Gasteiger partial charge in [-0.05, 0) is 113 Å². The number of aromatic nitrogens is 1. The lowest BCUT2D eigenvalue weighted by Gasteiger charge is -2.25. The molecule has 3 aromatic heterocycles. The molecule has 8 aromatic carbocycles. The summed E-state index contributed by atoms with van der Waals surface area (Å²) in [7, 11) is 0. The first-order valence-electron chi connectivity index (χ1n) is 16.2. The zero-order valence-corrected chi connectivity index (χ0v) is 25.9. The van der Waals surface area contributed by atoms with Crippen molar-refractivity contribution >= 4 is 103 Å². The molecule has 3 heterocycles. The average molecular weight is 617 g/mol. The second kappa shape index (κ2) is 8.49. The number of rotatable bonds is 4. The van der Waals surface area contributed by atoms with Gasteiger partial charge in [0.25, 0.3) is 0 Å². The van der Waals surface area contributed by atoms with Crippen molar-refractivity contribution in [2.24, 2.45) is 0 Å². The van der Waals surface area contributed by atoms with Crippen molar-refractivity contribution in [2.75, 3.05) is 4.90 Å². The number of thiophene rings is 1. The lowest BCUT2D eigenvalue weighted by atomic mass is 9.95. The van der Waals surface area contributed by atoms with Crippen molar-refractivity contribution < 1.29 is 4.42 Å². The summed E-state index contributed by atoms with van der Waals surface area (Å²) in [4.78, 5) is 2.32. The van der Waals surface area contributed by atoms with Gasteiger partial charge < -0.3 is 13.9 Å². The monoisotopic (exact) mass is 616 g/mol. The predicted octanol–water partition coefficient (Wildman–Crippen LogP) is 12.5. The normalized spacial score (nSPS) is 13.0. The molecule has 11 aromatic rings. The average Bonchev–Trinajstić information content (AvgIpc) is 3.86. The number of anilines is 3. The largest absolute Gasteiger partial charge is 0.456 e. The van der Waals surface area contributed by atoms with Crippen LogP contribution in [0.3, 0.4) is 0 Å². The summed E-state index contributed by atoms with van der Waals surface area (Å²) in [6.45, 7) is 0. The van der Waals surface area contributed by atoms with Crippen molar-refractivity contribution in [1.82, 2.24) is 4.57 Å². The molecule has 0 atom stereocenters. The van der Waals surface area contributed by atoms with E-state index in [1.807, 2.05) is 11.3 Å². The fourth-order valence-corrected chi connectivity index (χ4v) is 9.80. The highest BCUT2D eigenvalue weighted by molar-refractivity contribution is 7.26. The molecule has 1 aliphatic carbocycles. The van der Waals surface area contributed by atoms with E-state index >= 15 is 0 Å². The molecule has 0 aliphatic heterocycles. The van der Waals surface area contributed by atoms with Crippen molar-refractivity contribution in [3.05, 3.63) is 145 Å². The van der Waals surface area contributed by atoms with Gasteiger partial charge in [-0.2, -0.15) is 0 Å². The number of hydrogen-bond acceptors (Lipinski definition) is 3. The summed E-state index contributed by atoms with van der Waals surface area (Å²) in [5.41, 5.74) is 11.8. The van der Waals surface area contributed by atoms with Crippen LogP contribution in [0.2, 0.25) is 0 Å². The molecule has 0 unspecified atom stereocenters. The maximum Gasteiger partial charge on any atom is 0.136 e. The quantitative estimate of drug-likeness (QED) is 0.196. The second-order valence-electron chi connectivity index (χ2n) is 12.9. The first-order valence-corrected chi connectivity index (χ1v) is 17.0. The molecule has 12 rings (SSSR count). The Balaban J connectivity index is 1.19. The molecule has 47 heavy (non-hydrogen) atoms. The van der Waals surface area contributed by atoms with E-state index in [-0.39, 0.29) is 0 Å². The van der Waals surface area contributed by atoms with Crippen molar-refractivity contribution in [2.45, 2.75) is 6.42 Å². The third-order valence-corrected chi connectivity index (χ3v) is 11.6. The second-order valence-corrected chi connectivity index (χ2v) is 13.9. The first-order chi connectivity index (χ1) is 23.3. The molecule has 4 heteroatoms. The first kappa shape index (κ1) is 24.4. The summed E-state index contributed by atoms with van der Waals surface area (Å²) in [5, 5.41) is 10.8. The van der Waals surface area contributed by atoms with Gasteiger partial charge in [-0.25, -0.2) is 0 Å². The van der Waals surface area contributed by atoms with E-state index in [0.29, 0.717) is 0 Å². The topological polar surface area (TPSA) is 21.3 Å². The van der Waals surface area contributed by atoms with Crippen LogP contribution in [0.1, 0.15) is 11.1 Å². The van der Waals surface area contributed by atoms with Gasteiger partial charge in [-0.1, -0.05) is 48.5 Å². The van der Waals surface area contributed by atoms with Gasteiger partial charge in [0.2, 0.25) is 0 Å². The number of hydrogen-bond donors (Lipinski definition) is 0. The van der Waals surface area contributed by atoms with Crippen molar-refractivity contribution in [3.63, 3.8) is 0 Å². The highest BCUT2D eigenvalue weighted by Gasteiger charge is 2.29. The summed E-state index contributed by atoms with van der Waals surface area (Å²) in [6.07, 6.45) is 0.977. The van der Waals surface area contributed by atoms with E-state index in [9.17, 15) is 0 Å². The summed E-state index contributed by atoms with van der Waals surface area (Å²) >= 11 is 1.91. The van der Waals surface area contributed by atoms with Gasteiger partial charge in [0, 0.05) is 64.5 Å². The minimum absolute atomic E-state index is 0.963. The van der Waals surface area contributed by atoms with Gasteiger partial charge in [-0.15, -0.1) is 11.3 Å². The molecule has 1 aliphatic rings. The molecule has 218 valence electrons. The molecule has 0 N–H and O–H groups in total. The van der Waals surface area contributed by atoms with Crippen LogP contribution in [0.5, 0.6) is 0 Å². The maximum atomic E-state index is 6.63. The molecule has 0 fully saturated rings. The van der Waals surface area contributed by atoms with Gasteiger partial charge >= 0.3 is 0 Å². The van der Waals surface area contributed by atoms with Crippen LogP contribution in [-0.4, -0.2) is 4.57 Å². The lowest BCUT2D eigenvalue weighted by molar-refractivity contribution is 0.669. The Labute approximate surface area is 272 Å². The van der Waals surface area contributed by atoms with Gasteiger partial charge in [0.1, 0.15) is 11.2 Å². The van der Waals surface area contributed by atoms with E-state index < -0.39 is 0 Å². The Bertz CT molecular complexity index is 2980. The number of furan rings is 1. The van der Waals surface area contributed by atoms with Gasteiger partial charge in [0.15, 0.2) is 0 Å². The highest BCUT2D eigenvalue weighted by Crippen LogP contribution is 2.53. The molecule has 0 amide bonds. The number of benzene rings is 7. The minimum atomic E-state index is 0.963. The van der Waals surface area contributed by atoms with Gasteiger partial charge in [-0.3, -0.25) is 0 Å². The molecule has 0 saturated carbocycles. The minimum Gasteiger partial charge on any atom is -0.456 e. The molecule has 0 bridgehead atoms. The van der Waals surface area contributed by atoms with Crippen LogP contribution in [-0.2, 0) is 6.42 Å². The standard InChI is InChI=1S/C43H24N2OS/c1-3-7-26(8-4-1)44(27-9-5-2-6-10-27)28-13-15-29(16-14-28)45-30-17-11-24-23-25-12-21-34-42-37(25)36(24)38(30)39-31(45)18-19-32-40(39)41-33(46-32)20-22-35(47-34)43(41)42/h1-22H,23H2. The highest BCUT2D eigenvalue weighted by atomic mass is 32.1. The zero-order valence-electron chi connectivity index (χ0n) is 25.1. The Morgan fingerprint density at radius 3 is 1.66 bits per heavy atom. The van der Waals surface area contributed by atoms with E-state index in [0.717, 1.165) is 40.3 Å². The number of nitrogens with zero attached hydrogens (tertiary/aromatic N) is 2. The van der Waals surface area contributed by atoms with Crippen molar-refractivity contribution in [1.29, 1.82) is 0 Å². The molecular weight excluding hydrogens is 593 g/mol. The van der Waals surface area contributed by atoms with E-state index in [1.165, 1.54) is 74.6 Å². The fourth-order valence-electron chi connectivity index (χ4n) is 8.68. The summed E-state index contributed by atoms with van der Waals surface area (Å²) in [5.74, 6) is 0. The smallest absolute Gasteiger partial charge is 0.136 e. The molecular formula is C43H24N2OS. The molecule has 0 spiro atoms. The SMILES string of the molecule is c1ccc(N(c2ccccc2)c2ccc(-n3c4ccc5c6c7c(ccc8sc9ccc%10oc%11ccc3c(c%11c%10c9c87)c64)C5)cc2)cc1. The third kappa shape index (κ3) is 2.98. The summed E-state index contributed by atoms with van der Waals surface area (Å²) in [6, 6.07) is 48.6. The summed E-state index contributed by atoms with van der Waals surface area (Å²) < 4.78 is 11.8. The lowest BCUT2D eigenvalue weighted by Crippen LogP contribution is -2.09. The maximum absolute atomic E-state index is 6.63. The molecule has 0 saturated heterocycles. The van der Waals surface area contributed by atoms with Crippen LogP contribution < -0.4 is 4.90 Å². The fraction of sp³-hybridized carbons (Fsp3) is 0.0233. The van der Waals surface area contributed by atoms with Crippen LogP contribution in [0.4, 0.5) is 17.1 Å². The molecule has 0 radical (unpaired) electrons. The third-order valence-electron chi connectivity index (χ3n) is 10.5. The predicted molar refractivity (Wildman–Crippen MR) is 198 cm³/mol. The van der Waals surface area contributed by atoms with E-state index in [2.05, 4.69) is 143 Å². The van der Waals surface area contributed by atoms with E-state index in [1.54, 1.807) is 0 Å². The zero-order chi connectivity index (χ0) is 30.4. The Kier molecular flexibility index (Phi) is 4.41. The van der Waals surface area contributed by atoms with Crippen LogP contribution in [0.25, 0.3) is 80.4 Å². The number of para-hydroxylation sites is 2.